The number of nitrogens with zero attached hydrogens (tertiary/aromatic N) is 4. The van der Waals surface area contributed by atoms with Crippen LogP contribution in [0.15, 0.2) is 67.5 Å². The average molecular weight is 313 g/mol. The topological polar surface area (TPSA) is 51.4 Å². The van der Waals surface area contributed by atoms with E-state index in [-0.39, 0.29) is 0 Å². The van der Waals surface area contributed by atoms with Gasteiger partial charge in [0.15, 0.2) is 5.65 Å². The van der Waals surface area contributed by atoms with Crippen molar-refractivity contribution in [2.75, 3.05) is 0 Å². The summed E-state index contributed by atoms with van der Waals surface area (Å²) in [5.74, 6) is 0. The summed E-state index contributed by atoms with van der Waals surface area (Å²) in [5.41, 5.74) is 6.35. The molecule has 0 aliphatic carbocycles. The molecule has 0 saturated heterocycles. The van der Waals surface area contributed by atoms with Crippen molar-refractivity contribution < 1.29 is 0 Å². The van der Waals surface area contributed by atoms with Crippen LogP contribution >= 0.6 is 0 Å². The number of aromatic nitrogens is 5. The van der Waals surface area contributed by atoms with Crippen molar-refractivity contribution in [3.05, 3.63) is 67.5 Å². The van der Waals surface area contributed by atoms with Gasteiger partial charge in [-0.3, -0.25) is 4.57 Å². The highest BCUT2D eigenvalue weighted by molar-refractivity contribution is 5.97. The number of rotatable bonds is 2. The zero-order valence-corrected chi connectivity index (χ0v) is 13.1. The molecule has 0 aliphatic heterocycles. The fraction of sp³-hybridized carbons (Fsp3) is 0.0526. The molecule has 1 N–H and O–H groups in total. The van der Waals surface area contributed by atoms with Crippen molar-refractivity contribution in [2.24, 2.45) is 7.05 Å². The van der Waals surface area contributed by atoms with E-state index < -0.39 is 0 Å². The van der Waals surface area contributed by atoms with E-state index in [4.69, 9.17) is 0 Å². The molecule has 0 spiro atoms. The van der Waals surface area contributed by atoms with Crippen LogP contribution < -0.4 is 0 Å². The molecule has 5 heteroatoms. The van der Waals surface area contributed by atoms with Gasteiger partial charge in [0, 0.05) is 53.9 Å². The first kappa shape index (κ1) is 13.1. The van der Waals surface area contributed by atoms with Gasteiger partial charge in [-0.25, -0.2) is 9.97 Å². The van der Waals surface area contributed by atoms with Crippen molar-refractivity contribution in [3.63, 3.8) is 0 Å². The van der Waals surface area contributed by atoms with Crippen LogP contribution in [0.4, 0.5) is 0 Å². The van der Waals surface area contributed by atoms with Crippen LogP contribution in [0.1, 0.15) is 0 Å². The lowest BCUT2D eigenvalue weighted by atomic mass is 10.1. The zero-order valence-electron chi connectivity index (χ0n) is 13.1. The van der Waals surface area contributed by atoms with Gasteiger partial charge in [-0.2, -0.15) is 0 Å². The Kier molecular flexibility index (Phi) is 2.64. The quantitative estimate of drug-likeness (QED) is 0.537. The minimum atomic E-state index is 0.756. The number of hydrogen-bond acceptors (Lipinski definition) is 2. The van der Waals surface area contributed by atoms with E-state index in [1.807, 2.05) is 31.6 Å². The molecule has 0 saturated carbocycles. The van der Waals surface area contributed by atoms with Gasteiger partial charge in [-0.15, -0.1) is 0 Å². The van der Waals surface area contributed by atoms with Gasteiger partial charge in [0.2, 0.25) is 0 Å². The molecule has 0 atom stereocenters. The second-order valence-corrected chi connectivity index (χ2v) is 5.93. The lowest BCUT2D eigenvalue weighted by Crippen LogP contribution is -1.92. The first-order valence-corrected chi connectivity index (χ1v) is 7.82. The molecule has 0 amide bonds. The van der Waals surface area contributed by atoms with Crippen molar-refractivity contribution >= 4 is 22.1 Å². The van der Waals surface area contributed by atoms with Crippen molar-refractivity contribution in [3.8, 4) is 16.8 Å². The van der Waals surface area contributed by atoms with Crippen LogP contribution in [0.5, 0.6) is 0 Å². The second-order valence-electron chi connectivity index (χ2n) is 5.93. The van der Waals surface area contributed by atoms with Crippen LogP contribution in [0.3, 0.4) is 0 Å². The summed E-state index contributed by atoms with van der Waals surface area (Å²) >= 11 is 0. The Labute approximate surface area is 138 Å². The molecule has 0 fully saturated rings. The number of imidazole rings is 1. The van der Waals surface area contributed by atoms with Crippen LogP contribution in [-0.2, 0) is 7.05 Å². The van der Waals surface area contributed by atoms with Gasteiger partial charge in [-0.05, 0) is 18.2 Å². The highest BCUT2D eigenvalue weighted by Gasteiger charge is 2.15. The summed E-state index contributed by atoms with van der Waals surface area (Å²) in [6, 6.07) is 12.3. The standard InChI is InChI=1S/C19H15N5/c1-23-10-15(14-9-21-16-6-3-2-5-13(14)16)18(11-23)24-12-22-19-17(24)7-4-8-20-19/h2-12,21H,1H3. The Hall–Kier alpha value is -3.34. The largest absolute Gasteiger partial charge is 0.361 e. The molecular formula is C19H15N5. The first-order chi connectivity index (χ1) is 11.8. The van der Waals surface area contributed by atoms with Gasteiger partial charge < -0.3 is 9.55 Å². The summed E-state index contributed by atoms with van der Waals surface area (Å²) in [4.78, 5) is 12.1. The number of pyridine rings is 1. The minimum Gasteiger partial charge on any atom is -0.361 e. The molecule has 4 aromatic heterocycles. The summed E-state index contributed by atoms with van der Waals surface area (Å²) in [6.07, 6.45) is 9.94. The summed E-state index contributed by atoms with van der Waals surface area (Å²) in [7, 11) is 2.04. The maximum Gasteiger partial charge on any atom is 0.177 e. The van der Waals surface area contributed by atoms with E-state index in [0.29, 0.717) is 0 Å². The second kappa shape index (κ2) is 4.83. The zero-order chi connectivity index (χ0) is 16.1. The highest BCUT2D eigenvalue weighted by atomic mass is 15.1. The fourth-order valence-corrected chi connectivity index (χ4v) is 3.31. The third-order valence-electron chi connectivity index (χ3n) is 4.39. The Morgan fingerprint density at radius 3 is 2.83 bits per heavy atom. The van der Waals surface area contributed by atoms with Gasteiger partial charge >= 0.3 is 0 Å². The maximum atomic E-state index is 4.42. The van der Waals surface area contributed by atoms with Crippen LogP contribution in [-0.4, -0.2) is 24.1 Å². The van der Waals surface area contributed by atoms with Crippen LogP contribution in [0, 0.1) is 0 Å². The summed E-state index contributed by atoms with van der Waals surface area (Å²) in [5, 5.41) is 1.22. The normalized spacial score (nSPS) is 11.5. The molecule has 0 aliphatic rings. The number of hydrogen-bond donors (Lipinski definition) is 1. The lowest BCUT2D eigenvalue weighted by Gasteiger charge is -2.05. The van der Waals surface area contributed by atoms with E-state index in [9.17, 15) is 0 Å². The third-order valence-corrected chi connectivity index (χ3v) is 4.39. The van der Waals surface area contributed by atoms with Gasteiger partial charge in [0.25, 0.3) is 0 Å². The van der Waals surface area contributed by atoms with E-state index >= 15 is 0 Å². The molecular weight excluding hydrogens is 298 g/mol. The van der Waals surface area contributed by atoms with E-state index in [0.717, 1.165) is 27.9 Å². The van der Waals surface area contributed by atoms with Gasteiger partial charge in [0.1, 0.15) is 6.33 Å². The van der Waals surface area contributed by atoms with Crippen LogP contribution in [0.2, 0.25) is 0 Å². The Morgan fingerprint density at radius 2 is 1.88 bits per heavy atom. The molecule has 5 nitrogen and oxygen atoms in total. The number of aromatic amines is 1. The lowest BCUT2D eigenvalue weighted by molar-refractivity contribution is 0.921. The van der Waals surface area contributed by atoms with Gasteiger partial charge in [0.05, 0.1) is 11.2 Å². The first-order valence-electron chi connectivity index (χ1n) is 7.82. The Balaban J connectivity index is 1.80. The minimum absolute atomic E-state index is 0.756. The third kappa shape index (κ3) is 1.81. The smallest absolute Gasteiger partial charge is 0.177 e. The molecule has 0 unspecified atom stereocenters. The van der Waals surface area contributed by atoms with Crippen molar-refractivity contribution in [1.29, 1.82) is 0 Å². The molecule has 0 radical (unpaired) electrons. The van der Waals surface area contributed by atoms with Crippen molar-refractivity contribution in [2.45, 2.75) is 0 Å². The molecule has 0 bridgehead atoms. The molecule has 1 aromatic carbocycles. The monoisotopic (exact) mass is 313 g/mol. The SMILES string of the molecule is Cn1cc(-c2c[nH]c3ccccc23)c(-n2cnc3ncccc32)c1. The summed E-state index contributed by atoms with van der Waals surface area (Å²) in [6.45, 7) is 0. The Morgan fingerprint density at radius 1 is 0.958 bits per heavy atom. The van der Waals surface area contributed by atoms with E-state index in [1.165, 1.54) is 10.9 Å². The molecule has 24 heavy (non-hydrogen) atoms. The van der Waals surface area contributed by atoms with Gasteiger partial charge in [-0.1, -0.05) is 18.2 Å². The van der Waals surface area contributed by atoms with Crippen LogP contribution in [0.25, 0.3) is 38.9 Å². The number of nitrogens with one attached hydrogen (secondary N) is 1. The predicted octanol–water partition coefficient (Wildman–Crippen LogP) is 3.91. The highest BCUT2D eigenvalue weighted by Crippen LogP contribution is 2.34. The number of para-hydroxylation sites is 1. The molecule has 116 valence electrons. The Bertz CT molecular complexity index is 1080. The number of fused-ring (bicyclic) bond motifs is 2. The van der Waals surface area contributed by atoms with E-state index in [2.05, 4.69) is 60.9 Å². The number of benzene rings is 1. The maximum absolute atomic E-state index is 4.42. The fourth-order valence-electron chi connectivity index (χ4n) is 3.31. The molecule has 5 rings (SSSR count). The van der Waals surface area contributed by atoms with Crippen molar-refractivity contribution in [1.82, 2.24) is 24.1 Å². The molecule has 4 heterocycles. The summed E-state index contributed by atoms with van der Waals surface area (Å²) < 4.78 is 4.17. The average Bonchev–Trinajstić information content (AvgIpc) is 3.30. The van der Waals surface area contributed by atoms with E-state index in [1.54, 1.807) is 6.20 Å². The molecule has 5 aromatic rings. The predicted molar refractivity (Wildman–Crippen MR) is 95.1 cm³/mol. The number of H-pyrrole nitrogens is 1. The number of aryl methyl sites for hydroxylation is 1.